The Morgan fingerprint density at radius 3 is 2.90 bits per heavy atom. The van der Waals surface area contributed by atoms with Crippen LogP contribution in [-0.4, -0.2) is 33.5 Å². The zero-order valence-electron chi connectivity index (χ0n) is 12.4. The summed E-state index contributed by atoms with van der Waals surface area (Å²) in [5.74, 6) is -0.131. The number of carbonyl (C=O) groups is 1. The summed E-state index contributed by atoms with van der Waals surface area (Å²) >= 11 is 0. The Morgan fingerprint density at radius 2 is 2.20 bits per heavy atom. The fourth-order valence-corrected chi connectivity index (χ4v) is 2.20. The summed E-state index contributed by atoms with van der Waals surface area (Å²) in [7, 11) is 0. The Kier molecular flexibility index (Phi) is 4.09. The Labute approximate surface area is 119 Å². The minimum absolute atomic E-state index is 0.124. The predicted molar refractivity (Wildman–Crippen MR) is 77.8 cm³/mol. The zero-order valence-corrected chi connectivity index (χ0v) is 12.4. The van der Waals surface area contributed by atoms with Gasteiger partial charge < -0.3 is 10.1 Å². The van der Waals surface area contributed by atoms with Crippen LogP contribution in [0.15, 0.2) is 30.7 Å². The van der Waals surface area contributed by atoms with Crippen LogP contribution >= 0.6 is 0 Å². The molecule has 2 heterocycles. The lowest BCUT2D eigenvalue weighted by molar-refractivity contribution is -0.0527. The summed E-state index contributed by atoms with van der Waals surface area (Å²) in [5, 5.41) is 2.91. The molecular weight excluding hydrogens is 254 g/mol. The Hall–Kier alpha value is -1.88. The Morgan fingerprint density at radius 1 is 1.45 bits per heavy atom. The van der Waals surface area contributed by atoms with Crippen molar-refractivity contribution in [2.45, 2.75) is 39.4 Å². The van der Waals surface area contributed by atoms with Crippen LogP contribution in [0.5, 0.6) is 0 Å². The summed E-state index contributed by atoms with van der Waals surface area (Å²) in [4.78, 5) is 16.3. The van der Waals surface area contributed by atoms with Crippen LogP contribution in [0, 0.1) is 0 Å². The third-order valence-corrected chi connectivity index (χ3v) is 2.91. The minimum Gasteiger partial charge on any atom is -0.371 e. The number of fused-ring (bicyclic) bond motifs is 1. The normalized spacial score (nSPS) is 12.1. The topological polar surface area (TPSA) is 55.6 Å². The number of imidazole rings is 1. The number of aromatic nitrogens is 2. The average molecular weight is 275 g/mol. The van der Waals surface area contributed by atoms with Gasteiger partial charge in [0.2, 0.25) is 0 Å². The second-order valence-corrected chi connectivity index (χ2v) is 5.71. The van der Waals surface area contributed by atoms with Crippen molar-refractivity contribution in [2.75, 3.05) is 6.54 Å². The lowest BCUT2D eigenvalue weighted by Gasteiger charge is -2.28. The molecule has 0 atom stereocenters. The van der Waals surface area contributed by atoms with Gasteiger partial charge in [-0.25, -0.2) is 4.98 Å². The van der Waals surface area contributed by atoms with E-state index >= 15 is 0 Å². The van der Waals surface area contributed by atoms with E-state index in [4.69, 9.17) is 4.74 Å². The quantitative estimate of drug-likeness (QED) is 0.910. The molecule has 0 aliphatic rings. The third kappa shape index (κ3) is 3.36. The highest BCUT2D eigenvalue weighted by Gasteiger charge is 2.21. The van der Waals surface area contributed by atoms with E-state index in [0.29, 0.717) is 12.2 Å². The number of carbonyl (C=O) groups excluding carboxylic acids is 1. The standard InChI is InChI=1S/C15H21N3O2/c1-11(2)20-15(3,4)9-17-14(19)13-7-5-6-12-8-16-10-18(12)13/h5-8,10-11H,9H2,1-4H3,(H,17,19). The molecule has 108 valence electrons. The van der Waals surface area contributed by atoms with E-state index in [1.165, 1.54) is 0 Å². The molecule has 0 radical (unpaired) electrons. The van der Waals surface area contributed by atoms with Crippen molar-refractivity contribution in [2.24, 2.45) is 0 Å². The highest BCUT2D eigenvalue weighted by atomic mass is 16.5. The van der Waals surface area contributed by atoms with Crippen molar-refractivity contribution in [3.63, 3.8) is 0 Å². The molecule has 2 aromatic heterocycles. The van der Waals surface area contributed by atoms with Crippen molar-refractivity contribution in [3.05, 3.63) is 36.4 Å². The number of nitrogens with one attached hydrogen (secondary N) is 1. The van der Waals surface area contributed by atoms with Crippen molar-refractivity contribution >= 4 is 11.4 Å². The van der Waals surface area contributed by atoms with Crippen molar-refractivity contribution in [1.29, 1.82) is 0 Å². The molecule has 20 heavy (non-hydrogen) atoms. The highest BCUT2D eigenvalue weighted by Crippen LogP contribution is 2.12. The third-order valence-electron chi connectivity index (χ3n) is 2.91. The maximum absolute atomic E-state index is 12.3. The largest absolute Gasteiger partial charge is 0.371 e. The molecule has 0 fully saturated rings. The molecule has 1 amide bonds. The molecule has 0 unspecified atom stereocenters. The van der Waals surface area contributed by atoms with Crippen molar-refractivity contribution in [1.82, 2.24) is 14.7 Å². The molecule has 0 aliphatic heterocycles. The maximum atomic E-state index is 12.3. The summed E-state index contributed by atoms with van der Waals surface area (Å²) in [6.45, 7) is 8.34. The Bertz CT molecular complexity index is 602. The van der Waals surface area contributed by atoms with Gasteiger partial charge in [0.15, 0.2) is 0 Å². The SMILES string of the molecule is CC(C)OC(C)(C)CNC(=O)c1cccc2cncn12. The van der Waals surface area contributed by atoms with Gasteiger partial charge >= 0.3 is 0 Å². The molecule has 5 nitrogen and oxygen atoms in total. The summed E-state index contributed by atoms with van der Waals surface area (Å²) in [6, 6.07) is 5.54. The van der Waals surface area contributed by atoms with E-state index in [1.807, 2.05) is 39.8 Å². The van der Waals surface area contributed by atoms with Crippen LogP contribution in [0.3, 0.4) is 0 Å². The van der Waals surface area contributed by atoms with E-state index in [-0.39, 0.29) is 12.0 Å². The van der Waals surface area contributed by atoms with Crippen molar-refractivity contribution in [3.8, 4) is 0 Å². The van der Waals surface area contributed by atoms with Gasteiger partial charge in [0.25, 0.3) is 5.91 Å². The van der Waals surface area contributed by atoms with Crippen LogP contribution < -0.4 is 5.32 Å². The molecular formula is C15H21N3O2. The van der Waals surface area contributed by atoms with Gasteiger partial charge in [-0.05, 0) is 39.8 Å². The molecule has 0 spiro atoms. The Balaban J connectivity index is 2.07. The number of nitrogens with zero attached hydrogens (tertiary/aromatic N) is 2. The summed E-state index contributed by atoms with van der Waals surface area (Å²) < 4.78 is 7.53. The average Bonchev–Trinajstić information content (AvgIpc) is 2.82. The molecule has 0 saturated heterocycles. The first-order valence-corrected chi connectivity index (χ1v) is 6.76. The van der Waals surface area contributed by atoms with E-state index in [0.717, 1.165) is 5.52 Å². The van der Waals surface area contributed by atoms with E-state index < -0.39 is 5.60 Å². The van der Waals surface area contributed by atoms with E-state index in [1.54, 1.807) is 23.0 Å². The van der Waals surface area contributed by atoms with Crippen LogP contribution in [0.25, 0.3) is 5.52 Å². The monoisotopic (exact) mass is 275 g/mol. The maximum Gasteiger partial charge on any atom is 0.268 e. The second-order valence-electron chi connectivity index (χ2n) is 5.71. The van der Waals surface area contributed by atoms with Crippen LogP contribution in [0.2, 0.25) is 0 Å². The number of hydrogen-bond donors (Lipinski definition) is 1. The molecule has 0 aliphatic carbocycles. The highest BCUT2D eigenvalue weighted by molar-refractivity contribution is 5.93. The zero-order chi connectivity index (χ0) is 14.8. The van der Waals surface area contributed by atoms with Gasteiger partial charge in [-0.1, -0.05) is 6.07 Å². The first-order valence-electron chi connectivity index (χ1n) is 6.76. The number of hydrogen-bond acceptors (Lipinski definition) is 3. The number of amides is 1. The molecule has 0 bridgehead atoms. The van der Waals surface area contributed by atoms with E-state index in [2.05, 4.69) is 10.3 Å². The van der Waals surface area contributed by atoms with Gasteiger partial charge in [0.05, 0.1) is 29.7 Å². The summed E-state index contributed by atoms with van der Waals surface area (Å²) in [6.07, 6.45) is 3.49. The smallest absolute Gasteiger partial charge is 0.268 e. The summed E-state index contributed by atoms with van der Waals surface area (Å²) in [5.41, 5.74) is 1.07. The van der Waals surface area contributed by atoms with Gasteiger partial charge in [0.1, 0.15) is 5.69 Å². The lowest BCUT2D eigenvalue weighted by Crippen LogP contribution is -2.42. The lowest BCUT2D eigenvalue weighted by atomic mass is 10.1. The van der Waals surface area contributed by atoms with Crippen molar-refractivity contribution < 1.29 is 9.53 Å². The molecule has 2 aromatic rings. The van der Waals surface area contributed by atoms with Crippen LogP contribution in [0.4, 0.5) is 0 Å². The van der Waals surface area contributed by atoms with Gasteiger partial charge in [-0.2, -0.15) is 0 Å². The number of pyridine rings is 1. The molecule has 0 aromatic carbocycles. The predicted octanol–water partition coefficient (Wildman–Crippen LogP) is 2.27. The molecule has 0 saturated carbocycles. The molecule has 5 heteroatoms. The van der Waals surface area contributed by atoms with Gasteiger partial charge in [0, 0.05) is 6.54 Å². The van der Waals surface area contributed by atoms with Gasteiger partial charge in [-0.3, -0.25) is 9.20 Å². The fraction of sp³-hybridized carbons (Fsp3) is 0.467. The second kappa shape index (κ2) is 5.63. The molecule has 1 N–H and O–H groups in total. The van der Waals surface area contributed by atoms with Crippen LogP contribution in [-0.2, 0) is 4.74 Å². The fourth-order valence-electron chi connectivity index (χ4n) is 2.20. The first-order chi connectivity index (χ1) is 9.39. The number of rotatable bonds is 5. The van der Waals surface area contributed by atoms with Crippen LogP contribution in [0.1, 0.15) is 38.2 Å². The number of ether oxygens (including phenoxy) is 1. The minimum atomic E-state index is -0.396. The molecule has 2 rings (SSSR count). The van der Waals surface area contributed by atoms with E-state index in [9.17, 15) is 4.79 Å². The first kappa shape index (κ1) is 14.5. The van der Waals surface area contributed by atoms with Gasteiger partial charge in [-0.15, -0.1) is 0 Å².